The van der Waals surface area contributed by atoms with Gasteiger partial charge in [0.25, 0.3) is 0 Å². The van der Waals surface area contributed by atoms with Crippen molar-refractivity contribution in [3.8, 4) is 0 Å². The first kappa shape index (κ1) is 12.9. The van der Waals surface area contributed by atoms with Gasteiger partial charge in [-0.05, 0) is 22.4 Å². The lowest BCUT2D eigenvalue weighted by atomic mass is 9.91. The quantitative estimate of drug-likeness (QED) is 0.783. The van der Waals surface area contributed by atoms with E-state index in [4.69, 9.17) is 0 Å². The summed E-state index contributed by atoms with van der Waals surface area (Å²) in [5, 5.41) is 2.31. The van der Waals surface area contributed by atoms with E-state index < -0.39 is 0 Å². The van der Waals surface area contributed by atoms with Crippen LogP contribution in [0.4, 0.5) is 0 Å². The molecule has 20 heavy (non-hydrogen) atoms. The zero-order valence-corrected chi connectivity index (χ0v) is 11.7. The summed E-state index contributed by atoms with van der Waals surface area (Å²) < 4.78 is 0. The molecule has 1 heterocycles. The van der Waals surface area contributed by atoms with Crippen LogP contribution < -0.4 is 0 Å². The lowest BCUT2D eigenvalue weighted by molar-refractivity contribution is -0.160. The van der Waals surface area contributed by atoms with Crippen LogP contribution in [0, 0.1) is 5.92 Å². The van der Waals surface area contributed by atoms with Crippen molar-refractivity contribution in [3.05, 3.63) is 48.0 Å². The fourth-order valence-electron chi connectivity index (χ4n) is 2.65. The smallest absolute Gasteiger partial charge is 0.232 e. The number of carbonyl (C=O) groups is 2. The van der Waals surface area contributed by atoms with Gasteiger partial charge in [-0.25, -0.2) is 0 Å². The number of hydrogen-bond acceptors (Lipinski definition) is 2. The molecule has 2 aromatic carbocycles. The molecule has 1 fully saturated rings. The maximum absolute atomic E-state index is 12.1. The predicted octanol–water partition coefficient (Wildman–Crippen LogP) is 3.30. The monoisotopic (exact) mass is 267 g/mol. The second-order valence-corrected chi connectivity index (χ2v) is 5.58. The highest BCUT2D eigenvalue weighted by Crippen LogP contribution is 2.36. The Morgan fingerprint density at radius 1 is 1.15 bits per heavy atom. The van der Waals surface area contributed by atoms with E-state index in [1.54, 1.807) is 0 Å². The van der Waals surface area contributed by atoms with Crippen LogP contribution in [-0.2, 0) is 9.59 Å². The molecule has 1 saturated heterocycles. The number of fused-ring (bicyclic) bond motifs is 1. The Morgan fingerprint density at radius 2 is 1.85 bits per heavy atom. The Labute approximate surface area is 118 Å². The van der Waals surface area contributed by atoms with Crippen molar-refractivity contribution in [1.82, 2.24) is 4.90 Å². The van der Waals surface area contributed by atoms with E-state index in [1.807, 2.05) is 44.2 Å². The summed E-state index contributed by atoms with van der Waals surface area (Å²) in [6.07, 6.45) is 0.427. The van der Waals surface area contributed by atoms with Crippen LogP contribution in [0.3, 0.4) is 0 Å². The van der Waals surface area contributed by atoms with Crippen molar-refractivity contribution < 1.29 is 9.59 Å². The number of β-lactam (4-membered cyclic amide) rings is 1. The van der Waals surface area contributed by atoms with E-state index in [0.29, 0.717) is 6.42 Å². The highest BCUT2D eigenvalue weighted by molar-refractivity contribution is 6.01. The van der Waals surface area contributed by atoms with Gasteiger partial charge in [0.15, 0.2) is 0 Å². The third-order valence-electron chi connectivity index (χ3n) is 3.84. The summed E-state index contributed by atoms with van der Waals surface area (Å²) in [7, 11) is 0. The van der Waals surface area contributed by atoms with Gasteiger partial charge in [0, 0.05) is 5.92 Å². The summed E-state index contributed by atoms with van der Waals surface area (Å²) in [6, 6.07) is 14.1. The molecule has 3 heteroatoms. The summed E-state index contributed by atoms with van der Waals surface area (Å²) in [5.74, 6) is -0.302. The third kappa shape index (κ3) is 1.99. The van der Waals surface area contributed by atoms with Gasteiger partial charge in [0.05, 0.1) is 12.5 Å². The minimum absolute atomic E-state index is 0.0677. The predicted molar refractivity (Wildman–Crippen MR) is 78.0 cm³/mol. The van der Waals surface area contributed by atoms with Crippen molar-refractivity contribution in [2.24, 2.45) is 5.92 Å². The Kier molecular flexibility index (Phi) is 3.05. The highest BCUT2D eigenvalue weighted by Gasteiger charge is 2.42. The molecule has 0 aliphatic carbocycles. The summed E-state index contributed by atoms with van der Waals surface area (Å²) >= 11 is 0. The van der Waals surface area contributed by atoms with Crippen molar-refractivity contribution in [3.63, 3.8) is 0 Å². The average molecular weight is 267 g/mol. The number of likely N-dealkylation sites (tertiary alicyclic amines) is 1. The van der Waals surface area contributed by atoms with Crippen molar-refractivity contribution in [2.45, 2.75) is 26.3 Å². The number of carbonyl (C=O) groups excluding carboxylic acids is 2. The lowest BCUT2D eigenvalue weighted by Crippen LogP contribution is -2.51. The molecule has 0 N–H and O–H groups in total. The minimum atomic E-state index is -0.151. The zero-order chi connectivity index (χ0) is 14.3. The molecule has 3 rings (SSSR count). The van der Waals surface area contributed by atoms with Gasteiger partial charge in [-0.3, -0.25) is 14.5 Å². The molecule has 1 atom stereocenters. The summed E-state index contributed by atoms with van der Waals surface area (Å²) in [4.78, 5) is 25.2. The van der Waals surface area contributed by atoms with Gasteiger partial charge in [-0.15, -0.1) is 0 Å². The molecular weight excluding hydrogens is 250 g/mol. The maximum atomic E-state index is 12.1. The molecule has 2 amide bonds. The van der Waals surface area contributed by atoms with Crippen molar-refractivity contribution in [1.29, 1.82) is 0 Å². The Morgan fingerprint density at radius 3 is 2.50 bits per heavy atom. The fourth-order valence-corrected chi connectivity index (χ4v) is 2.65. The zero-order valence-electron chi connectivity index (χ0n) is 11.7. The number of amides is 2. The van der Waals surface area contributed by atoms with Gasteiger partial charge in [0.2, 0.25) is 11.8 Å². The first-order chi connectivity index (χ1) is 9.58. The SMILES string of the molecule is CC(C)C(=O)N1C(=O)C[C@@H]1c1ccc2ccccc2c1. The Hall–Kier alpha value is -2.16. The van der Waals surface area contributed by atoms with Crippen LogP contribution in [0.5, 0.6) is 0 Å². The second kappa shape index (κ2) is 4.75. The van der Waals surface area contributed by atoms with E-state index in [9.17, 15) is 9.59 Å². The largest absolute Gasteiger partial charge is 0.274 e. The molecule has 0 radical (unpaired) electrons. The van der Waals surface area contributed by atoms with Gasteiger partial charge >= 0.3 is 0 Å². The molecule has 3 nitrogen and oxygen atoms in total. The number of benzene rings is 2. The topological polar surface area (TPSA) is 37.4 Å². The molecular formula is C17H17NO2. The molecule has 0 bridgehead atoms. The summed E-state index contributed by atoms with van der Waals surface area (Å²) in [5.41, 5.74) is 1.04. The number of hydrogen-bond donors (Lipinski definition) is 0. The molecule has 0 saturated carbocycles. The normalized spacial score (nSPS) is 18.4. The first-order valence-electron chi connectivity index (χ1n) is 6.92. The van der Waals surface area contributed by atoms with E-state index >= 15 is 0 Å². The van der Waals surface area contributed by atoms with E-state index in [0.717, 1.165) is 10.9 Å². The molecule has 1 aliphatic rings. The minimum Gasteiger partial charge on any atom is -0.274 e. The maximum Gasteiger partial charge on any atom is 0.232 e. The van der Waals surface area contributed by atoms with Gasteiger partial charge in [0.1, 0.15) is 0 Å². The number of nitrogens with zero attached hydrogens (tertiary/aromatic N) is 1. The Bertz CT molecular complexity index is 690. The second-order valence-electron chi connectivity index (χ2n) is 5.58. The van der Waals surface area contributed by atoms with Gasteiger partial charge in [-0.2, -0.15) is 0 Å². The first-order valence-corrected chi connectivity index (χ1v) is 6.92. The van der Waals surface area contributed by atoms with E-state index in [2.05, 4.69) is 12.1 Å². The van der Waals surface area contributed by atoms with E-state index in [1.165, 1.54) is 10.3 Å². The van der Waals surface area contributed by atoms with Crippen LogP contribution in [0.2, 0.25) is 0 Å². The lowest BCUT2D eigenvalue weighted by Gasteiger charge is -2.40. The van der Waals surface area contributed by atoms with Crippen molar-refractivity contribution >= 4 is 22.6 Å². The standard InChI is InChI=1S/C17H17NO2/c1-11(2)17(20)18-15(10-16(18)19)14-8-7-12-5-3-4-6-13(12)9-14/h3-9,11,15H,10H2,1-2H3/t15-/m1/s1. The highest BCUT2D eigenvalue weighted by atomic mass is 16.2. The molecule has 2 aromatic rings. The molecule has 0 spiro atoms. The molecule has 0 aromatic heterocycles. The average Bonchev–Trinajstić information content (AvgIpc) is 2.44. The number of imide groups is 1. The molecule has 102 valence electrons. The van der Waals surface area contributed by atoms with Crippen LogP contribution in [0.25, 0.3) is 10.8 Å². The van der Waals surface area contributed by atoms with E-state index in [-0.39, 0.29) is 23.8 Å². The van der Waals surface area contributed by atoms with Crippen LogP contribution in [0.15, 0.2) is 42.5 Å². The van der Waals surface area contributed by atoms with Crippen LogP contribution in [-0.4, -0.2) is 16.7 Å². The molecule has 0 unspecified atom stereocenters. The van der Waals surface area contributed by atoms with Crippen LogP contribution in [0.1, 0.15) is 31.9 Å². The van der Waals surface area contributed by atoms with Crippen molar-refractivity contribution in [2.75, 3.05) is 0 Å². The third-order valence-corrected chi connectivity index (χ3v) is 3.84. The van der Waals surface area contributed by atoms with Crippen LogP contribution >= 0.6 is 0 Å². The summed E-state index contributed by atoms with van der Waals surface area (Å²) in [6.45, 7) is 3.65. The Balaban J connectivity index is 1.95. The number of rotatable bonds is 2. The fraction of sp³-hybridized carbons (Fsp3) is 0.294. The van der Waals surface area contributed by atoms with Gasteiger partial charge < -0.3 is 0 Å². The van der Waals surface area contributed by atoms with Gasteiger partial charge in [-0.1, -0.05) is 50.2 Å². The molecule has 1 aliphatic heterocycles.